The lowest BCUT2D eigenvalue weighted by Gasteiger charge is -2.05. The number of pyridine rings is 1. The number of benzene rings is 1. The minimum absolute atomic E-state index is 0.162. The first-order valence-corrected chi connectivity index (χ1v) is 6.86. The molecule has 18 heavy (non-hydrogen) atoms. The SMILES string of the molecule is CSc1ccc(C(=O)Nc2ccnc(Cl)c2)cc1. The van der Waals surface area contributed by atoms with Gasteiger partial charge in [-0.25, -0.2) is 4.98 Å². The summed E-state index contributed by atoms with van der Waals surface area (Å²) < 4.78 is 0. The third-order valence-electron chi connectivity index (χ3n) is 2.34. The lowest BCUT2D eigenvalue weighted by Crippen LogP contribution is -2.11. The molecule has 2 rings (SSSR count). The number of thioether (sulfide) groups is 1. The number of amides is 1. The van der Waals surface area contributed by atoms with Crippen LogP contribution in [0.2, 0.25) is 5.15 Å². The maximum atomic E-state index is 11.9. The Kier molecular flexibility index (Phi) is 4.23. The van der Waals surface area contributed by atoms with Gasteiger partial charge in [0.05, 0.1) is 0 Å². The molecule has 0 atom stereocenters. The highest BCUT2D eigenvalue weighted by atomic mass is 35.5. The Morgan fingerprint density at radius 2 is 2.00 bits per heavy atom. The smallest absolute Gasteiger partial charge is 0.255 e. The fourth-order valence-corrected chi connectivity index (χ4v) is 2.01. The van der Waals surface area contributed by atoms with Crippen molar-refractivity contribution in [2.24, 2.45) is 0 Å². The van der Waals surface area contributed by atoms with E-state index in [0.717, 1.165) is 4.90 Å². The summed E-state index contributed by atoms with van der Waals surface area (Å²) in [7, 11) is 0. The number of anilines is 1. The van der Waals surface area contributed by atoms with Crippen LogP contribution in [0, 0.1) is 0 Å². The standard InChI is InChI=1S/C13H11ClN2OS/c1-18-11-4-2-9(3-5-11)13(17)16-10-6-7-15-12(14)8-10/h2-8H,1H3,(H,15,16,17). The van der Waals surface area contributed by atoms with Crippen LogP contribution >= 0.6 is 23.4 Å². The van der Waals surface area contributed by atoms with E-state index in [-0.39, 0.29) is 5.91 Å². The van der Waals surface area contributed by atoms with Gasteiger partial charge in [-0.05, 0) is 42.7 Å². The van der Waals surface area contributed by atoms with Crippen LogP contribution in [0.25, 0.3) is 0 Å². The number of carbonyl (C=O) groups is 1. The van der Waals surface area contributed by atoms with Crippen molar-refractivity contribution in [3.8, 4) is 0 Å². The van der Waals surface area contributed by atoms with Crippen molar-refractivity contribution in [2.45, 2.75) is 4.90 Å². The quantitative estimate of drug-likeness (QED) is 0.687. The van der Waals surface area contributed by atoms with Crippen LogP contribution in [0.5, 0.6) is 0 Å². The zero-order valence-electron chi connectivity index (χ0n) is 9.68. The molecule has 1 heterocycles. The highest BCUT2D eigenvalue weighted by molar-refractivity contribution is 7.98. The van der Waals surface area contributed by atoms with Gasteiger partial charge in [0.1, 0.15) is 5.15 Å². The molecule has 0 spiro atoms. The molecule has 0 saturated heterocycles. The second kappa shape index (κ2) is 5.89. The third kappa shape index (κ3) is 3.24. The Bertz CT molecular complexity index is 557. The Balaban J connectivity index is 2.11. The number of halogens is 1. The molecular formula is C13H11ClN2OS. The van der Waals surface area contributed by atoms with E-state index in [1.165, 1.54) is 0 Å². The number of nitrogens with zero attached hydrogens (tertiary/aromatic N) is 1. The van der Waals surface area contributed by atoms with Crippen molar-refractivity contribution >= 4 is 35.0 Å². The van der Waals surface area contributed by atoms with E-state index in [2.05, 4.69) is 10.3 Å². The fourth-order valence-electron chi connectivity index (χ4n) is 1.43. The van der Waals surface area contributed by atoms with Gasteiger partial charge in [-0.3, -0.25) is 4.79 Å². The summed E-state index contributed by atoms with van der Waals surface area (Å²) in [4.78, 5) is 16.9. The molecule has 0 aliphatic heterocycles. The van der Waals surface area contributed by atoms with Crippen LogP contribution in [0.4, 0.5) is 5.69 Å². The minimum atomic E-state index is -0.162. The van der Waals surface area contributed by atoms with Crippen LogP contribution in [-0.4, -0.2) is 17.1 Å². The van der Waals surface area contributed by atoms with Gasteiger partial charge in [-0.15, -0.1) is 11.8 Å². The molecule has 1 aromatic heterocycles. The van der Waals surface area contributed by atoms with Crippen LogP contribution in [0.15, 0.2) is 47.5 Å². The van der Waals surface area contributed by atoms with Crippen molar-refractivity contribution in [2.75, 3.05) is 11.6 Å². The molecule has 2 aromatic rings. The summed E-state index contributed by atoms with van der Waals surface area (Å²) in [6.07, 6.45) is 3.54. The summed E-state index contributed by atoms with van der Waals surface area (Å²) in [6, 6.07) is 10.7. The van der Waals surface area contributed by atoms with Gasteiger partial charge in [0.25, 0.3) is 5.91 Å². The molecule has 1 amide bonds. The topological polar surface area (TPSA) is 42.0 Å². The molecule has 0 saturated carbocycles. The number of carbonyl (C=O) groups excluding carboxylic acids is 1. The fraction of sp³-hybridized carbons (Fsp3) is 0.0769. The van der Waals surface area contributed by atoms with Gasteiger partial charge in [-0.1, -0.05) is 11.6 Å². The Labute approximate surface area is 115 Å². The normalized spacial score (nSPS) is 10.1. The van der Waals surface area contributed by atoms with E-state index >= 15 is 0 Å². The van der Waals surface area contributed by atoms with Crippen molar-refractivity contribution in [3.05, 3.63) is 53.3 Å². The van der Waals surface area contributed by atoms with Gasteiger partial charge in [0.15, 0.2) is 0 Å². The average molecular weight is 279 g/mol. The third-order valence-corrected chi connectivity index (χ3v) is 3.29. The first-order chi connectivity index (χ1) is 8.69. The molecule has 0 radical (unpaired) electrons. The predicted molar refractivity (Wildman–Crippen MR) is 75.4 cm³/mol. The second-order valence-corrected chi connectivity index (χ2v) is 4.82. The highest BCUT2D eigenvalue weighted by Crippen LogP contribution is 2.17. The summed E-state index contributed by atoms with van der Waals surface area (Å²) in [5.74, 6) is -0.162. The number of aromatic nitrogens is 1. The summed E-state index contributed by atoms with van der Waals surface area (Å²) >= 11 is 7.39. The molecule has 0 aliphatic rings. The summed E-state index contributed by atoms with van der Waals surface area (Å²) in [5.41, 5.74) is 1.25. The molecule has 0 bridgehead atoms. The molecule has 92 valence electrons. The van der Waals surface area contributed by atoms with Crippen LogP contribution in [0.3, 0.4) is 0 Å². The van der Waals surface area contributed by atoms with E-state index in [9.17, 15) is 4.79 Å². The maximum absolute atomic E-state index is 11.9. The first-order valence-electron chi connectivity index (χ1n) is 5.26. The average Bonchev–Trinajstić information content (AvgIpc) is 2.39. The van der Waals surface area contributed by atoms with Gasteiger partial charge in [-0.2, -0.15) is 0 Å². The van der Waals surface area contributed by atoms with E-state index < -0.39 is 0 Å². The number of hydrogen-bond donors (Lipinski definition) is 1. The molecule has 0 unspecified atom stereocenters. The molecule has 0 aliphatic carbocycles. The molecule has 0 fully saturated rings. The number of rotatable bonds is 3. The first kappa shape index (κ1) is 12.9. The van der Waals surface area contributed by atoms with Gasteiger partial charge in [0.2, 0.25) is 0 Å². The van der Waals surface area contributed by atoms with Gasteiger partial charge in [0, 0.05) is 22.3 Å². The van der Waals surface area contributed by atoms with Gasteiger partial charge < -0.3 is 5.32 Å². The molecule has 5 heteroatoms. The lowest BCUT2D eigenvalue weighted by molar-refractivity contribution is 0.102. The van der Waals surface area contributed by atoms with Crippen LogP contribution in [-0.2, 0) is 0 Å². The van der Waals surface area contributed by atoms with E-state index in [1.807, 2.05) is 18.4 Å². The number of nitrogens with one attached hydrogen (secondary N) is 1. The molecule has 1 N–H and O–H groups in total. The largest absolute Gasteiger partial charge is 0.322 e. The van der Waals surface area contributed by atoms with Crippen LogP contribution < -0.4 is 5.32 Å². The maximum Gasteiger partial charge on any atom is 0.255 e. The second-order valence-electron chi connectivity index (χ2n) is 3.55. The lowest BCUT2D eigenvalue weighted by atomic mass is 10.2. The van der Waals surface area contributed by atoms with Crippen molar-refractivity contribution < 1.29 is 4.79 Å². The minimum Gasteiger partial charge on any atom is -0.322 e. The molecule has 1 aromatic carbocycles. The number of hydrogen-bond acceptors (Lipinski definition) is 3. The molecular weight excluding hydrogens is 268 g/mol. The van der Waals surface area contributed by atoms with Crippen molar-refractivity contribution in [3.63, 3.8) is 0 Å². The van der Waals surface area contributed by atoms with E-state index in [1.54, 1.807) is 42.2 Å². The zero-order valence-corrected chi connectivity index (χ0v) is 11.3. The zero-order chi connectivity index (χ0) is 13.0. The Morgan fingerprint density at radius 3 is 2.61 bits per heavy atom. The molecule has 3 nitrogen and oxygen atoms in total. The summed E-state index contributed by atoms with van der Waals surface area (Å²) in [5, 5.41) is 3.12. The van der Waals surface area contributed by atoms with Crippen molar-refractivity contribution in [1.29, 1.82) is 0 Å². The van der Waals surface area contributed by atoms with Crippen molar-refractivity contribution in [1.82, 2.24) is 4.98 Å². The summed E-state index contributed by atoms with van der Waals surface area (Å²) in [6.45, 7) is 0. The Hall–Kier alpha value is -1.52. The van der Waals surface area contributed by atoms with E-state index in [0.29, 0.717) is 16.4 Å². The van der Waals surface area contributed by atoms with Gasteiger partial charge >= 0.3 is 0 Å². The Morgan fingerprint density at radius 1 is 1.28 bits per heavy atom. The van der Waals surface area contributed by atoms with E-state index in [4.69, 9.17) is 11.6 Å². The highest BCUT2D eigenvalue weighted by Gasteiger charge is 2.06. The monoisotopic (exact) mass is 278 g/mol. The predicted octanol–water partition coefficient (Wildman–Crippen LogP) is 3.71. The van der Waals surface area contributed by atoms with Crippen LogP contribution in [0.1, 0.15) is 10.4 Å².